The Morgan fingerprint density at radius 3 is 2.20 bits per heavy atom. The van der Waals surface area contributed by atoms with Crippen molar-refractivity contribution in [1.29, 1.82) is 0 Å². The Balaban J connectivity index is 2.60. The van der Waals surface area contributed by atoms with Crippen molar-refractivity contribution in [3.05, 3.63) is 0 Å². The average Bonchev–Trinajstić information content (AvgIpc) is 2.45. The van der Waals surface area contributed by atoms with Crippen LogP contribution in [0, 0.1) is 0 Å². The fourth-order valence-electron chi connectivity index (χ4n) is 1.65. The summed E-state index contributed by atoms with van der Waals surface area (Å²) in [4.78, 5) is 54.0. The number of carbonyl (C=O) groups excluding carboxylic acids is 4. The third-order valence-corrected chi connectivity index (χ3v) is 2.75. The summed E-state index contributed by atoms with van der Waals surface area (Å²) in [6.45, 7) is 0.290. The molecule has 1 aliphatic rings. The van der Waals surface area contributed by atoms with Crippen LogP contribution in [0.15, 0.2) is 10.4 Å². The van der Waals surface area contributed by atoms with Gasteiger partial charge in [0.2, 0.25) is 5.78 Å². The second-order valence-corrected chi connectivity index (χ2v) is 4.34. The Morgan fingerprint density at radius 2 is 1.45 bits per heavy atom. The van der Waals surface area contributed by atoms with E-state index >= 15 is 0 Å². The fraction of sp³-hybridized carbons (Fsp3) is 0.667. The van der Waals surface area contributed by atoms with Gasteiger partial charge in [-0.05, 0) is 12.8 Å². The van der Waals surface area contributed by atoms with E-state index in [4.69, 9.17) is 0 Å². The van der Waals surface area contributed by atoms with E-state index in [1.165, 1.54) is 0 Å². The summed E-state index contributed by atoms with van der Waals surface area (Å²) in [7, 11) is 0. The van der Waals surface area contributed by atoms with E-state index in [-0.39, 0.29) is 6.42 Å². The van der Waals surface area contributed by atoms with Gasteiger partial charge in [-0.15, -0.1) is 0 Å². The third-order valence-electron chi connectivity index (χ3n) is 2.75. The molecule has 0 N–H and O–H groups in total. The zero-order valence-electron chi connectivity index (χ0n) is 11.0. The highest BCUT2D eigenvalue weighted by molar-refractivity contribution is 6.77. The first kappa shape index (κ1) is 16.1. The van der Waals surface area contributed by atoms with Crippen LogP contribution in [-0.2, 0) is 29.1 Å². The number of rotatable bonds is 0. The number of hydrogen-bond donors (Lipinski definition) is 0. The summed E-state index contributed by atoms with van der Waals surface area (Å²) in [5.41, 5.74) is 0. The summed E-state index contributed by atoms with van der Waals surface area (Å²) in [6.07, 6.45) is 4.88. The molecule has 20 heavy (non-hydrogen) atoms. The molecule has 0 saturated carbocycles. The molecule has 1 heterocycles. The van der Waals surface area contributed by atoms with Crippen LogP contribution in [-0.4, -0.2) is 29.9 Å². The van der Waals surface area contributed by atoms with Crippen LogP contribution in [0.2, 0.25) is 0 Å². The molecule has 0 aromatic carbocycles. The van der Waals surface area contributed by atoms with Gasteiger partial charge in [-0.2, -0.15) is 9.88 Å². The number of Topliss-reactive ketones (excluding diaryl/α,β-unsaturated/α-hetero) is 3. The maximum atomic E-state index is 11.4. The molecule has 0 unspecified atom stereocenters. The molecular formula is C12H16N2O6. The van der Waals surface area contributed by atoms with Crippen LogP contribution in [0.3, 0.4) is 0 Å². The smallest absolute Gasteiger partial charge is 0.290 e. The van der Waals surface area contributed by atoms with Gasteiger partial charge in [0, 0.05) is 6.42 Å². The van der Waals surface area contributed by atoms with E-state index in [9.17, 15) is 19.2 Å². The predicted molar refractivity (Wildman–Crippen MR) is 64.2 cm³/mol. The number of nitrogens with zero attached hydrogens (tertiary/aromatic N) is 2. The van der Waals surface area contributed by atoms with Gasteiger partial charge in [0.15, 0.2) is 0 Å². The lowest BCUT2D eigenvalue weighted by molar-refractivity contribution is -0.302. The fourth-order valence-corrected chi connectivity index (χ4v) is 1.65. The quantitative estimate of drug-likeness (QED) is 0.489. The lowest BCUT2D eigenvalue weighted by atomic mass is 10.0. The Bertz CT molecular complexity index is 418. The molecule has 0 aromatic heterocycles. The Hall–Kier alpha value is -1.96. The lowest BCUT2D eigenvalue weighted by Gasteiger charge is -2.02. The standard InChI is InChI=1S/C12H16N2O6/c15-9-7-5-3-1-2-4-6-8-19-20-14-13-12(18)11(17)10(9)16/h1-8H2/b14-13-. The van der Waals surface area contributed by atoms with Crippen LogP contribution < -0.4 is 0 Å². The first-order chi connectivity index (χ1) is 9.63. The first-order valence-electron chi connectivity index (χ1n) is 6.48. The van der Waals surface area contributed by atoms with Gasteiger partial charge in [-0.1, -0.05) is 30.8 Å². The molecule has 110 valence electrons. The van der Waals surface area contributed by atoms with Crippen molar-refractivity contribution in [1.82, 2.24) is 0 Å². The zero-order chi connectivity index (χ0) is 14.8. The minimum absolute atomic E-state index is 0.0331. The van der Waals surface area contributed by atoms with Gasteiger partial charge in [-0.25, -0.2) is 0 Å². The van der Waals surface area contributed by atoms with Crippen LogP contribution >= 0.6 is 0 Å². The molecular weight excluding hydrogens is 268 g/mol. The van der Waals surface area contributed by atoms with Gasteiger partial charge >= 0.3 is 5.91 Å². The Morgan fingerprint density at radius 1 is 0.800 bits per heavy atom. The summed E-state index contributed by atoms with van der Waals surface area (Å²) < 4.78 is 0. The van der Waals surface area contributed by atoms with Crippen molar-refractivity contribution in [2.45, 2.75) is 44.9 Å². The van der Waals surface area contributed by atoms with Gasteiger partial charge in [0.25, 0.3) is 11.6 Å². The summed E-state index contributed by atoms with van der Waals surface area (Å²) >= 11 is 0. The highest BCUT2D eigenvalue weighted by Crippen LogP contribution is 2.08. The second-order valence-electron chi connectivity index (χ2n) is 4.34. The van der Waals surface area contributed by atoms with E-state index in [2.05, 4.69) is 20.3 Å². The van der Waals surface area contributed by atoms with Crippen molar-refractivity contribution < 1.29 is 29.1 Å². The van der Waals surface area contributed by atoms with Crippen LogP contribution in [0.5, 0.6) is 0 Å². The van der Waals surface area contributed by atoms with E-state index in [1.807, 2.05) is 0 Å². The topological polar surface area (TPSA) is 111 Å². The normalized spacial score (nSPS) is 22.4. The molecule has 1 amide bonds. The van der Waals surface area contributed by atoms with Gasteiger partial charge < -0.3 is 0 Å². The highest BCUT2D eigenvalue weighted by Gasteiger charge is 2.28. The molecule has 0 radical (unpaired) electrons. The van der Waals surface area contributed by atoms with Crippen LogP contribution in [0.4, 0.5) is 0 Å². The largest absolute Gasteiger partial charge is 0.342 e. The van der Waals surface area contributed by atoms with Crippen molar-refractivity contribution >= 4 is 23.3 Å². The molecule has 0 aromatic rings. The third kappa shape index (κ3) is 5.79. The van der Waals surface area contributed by atoms with Crippen LogP contribution in [0.1, 0.15) is 44.9 Å². The molecule has 8 nitrogen and oxygen atoms in total. The first-order valence-corrected chi connectivity index (χ1v) is 6.48. The zero-order valence-corrected chi connectivity index (χ0v) is 11.0. The highest BCUT2D eigenvalue weighted by atomic mass is 17.3. The van der Waals surface area contributed by atoms with E-state index in [0.717, 1.165) is 32.1 Å². The molecule has 1 rings (SSSR count). The summed E-state index contributed by atoms with van der Waals surface area (Å²) in [5, 5.41) is 5.70. The molecule has 0 bridgehead atoms. The lowest BCUT2D eigenvalue weighted by Crippen LogP contribution is -2.29. The Kier molecular flexibility index (Phi) is 7.26. The molecule has 1 aliphatic heterocycles. The molecule has 0 fully saturated rings. The molecule has 0 saturated heterocycles. The van der Waals surface area contributed by atoms with E-state index in [1.54, 1.807) is 0 Å². The maximum Gasteiger partial charge on any atom is 0.342 e. The predicted octanol–water partition coefficient (Wildman–Crippen LogP) is 1.28. The molecule has 8 heteroatoms. The van der Waals surface area contributed by atoms with Gasteiger partial charge in [0.1, 0.15) is 0 Å². The van der Waals surface area contributed by atoms with Crippen LogP contribution in [0.25, 0.3) is 0 Å². The van der Waals surface area contributed by atoms with E-state index < -0.39 is 23.3 Å². The van der Waals surface area contributed by atoms with Gasteiger partial charge in [0.05, 0.1) is 11.9 Å². The minimum Gasteiger partial charge on any atom is -0.290 e. The van der Waals surface area contributed by atoms with Crippen molar-refractivity contribution in [2.24, 2.45) is 10.4 Å². The van der Waals surface area contributed by atoms with Crippen molar-refractivity contribution in [3.63, 3.8) is 0 Å². The van der Waals surface area contributed by atoms with Crippen molar-refractivity contribution in [2.75, 3.05) is 6.61 Å². The number of hydrogen-bond acceptors (Lipinski definition) is 7. The Labute approximate surface area is 115 Å². The average molecular weight is 284 g/mol. The van der Waals surface area contributed by atoms with Gasteiger partial charge in [-0.3, -0.25) is 19.2 Å². The SMILES string of the molecule is O=C1CCCCCCCCOO/N=N\C(=O)C(=O)C1=O. The van der Waals surface area contributed by atoms with Crippen molar-refractivity contribution in [3.8, 4) is 0 Å². The molecule has 0 spiro atoms. The molecule has 0 atom stereocenters. The number of carbonyl (C=O) groups is 4. The van der Waals surface area contributed by atoms with E-state index in [0.29, 0.717) is 13.0 Å². The molecule has 0 aliphatic carbocycles. The minimum atomic E-state index is -1.51. The monoisotopic (exact) mass is 284 g/mol. The second kappa shape index (κ2) is 9.03. The summed E-state index contributed by atoms with van der Waals surface area (Å²) in [5.74, 6) is -5.18. The number of amides is 1. The number of ketones is 3. The summed E-state index contributed by atoms with van der Waals surface area (Å²) in [6, 6.07) is 0. The maximum absolute atomic E-state index is 11.4.